The van der Waals surface area contributed by atoms with Crippen molar-refractivity contribution in [2.75, 3.05) is 18.0 Å². The number of hydrogen-bond acceptors (Lipinski definition) is 3. The van der Waals surface area contributed by atoms with Crippen molar-refractivity contribution in [2.45, 2.75) is 26.7 Å². The van der Waals surface area contributed by atoms with Crippen LogP contribution in [0, 0.1) is 5.41 Å². The number of piperidine rings is 1. The van der Waals surface area contributed by atoms with Gasteiger partial charge in [0.25, 0.3) is 0 Å². The fraction of sp³-hybridized carbons (Fsp3) is 0.538. The normalized spacial score (nSPS) is 19.1. The maximum absolute atomic E-state index is 5.62. The fourth-order valence-corrected chi connectivity index (χ4v) is 2.47. The van der Waals surface area contributed by atoms with Gasteiger partial charge in [0.05, 0.1) is 5.69 Å². The number of aromatic nitrogens is 1. The highest BCUT2D eigenvalue weighted by Gasteiger charge is 2.27. The molecule has 0 amide bonds. The summed E-state index contributed by atoms with van der Waals surface area (Å²) in [6.45, 7) is 6.71. The van der Waals surface area contributed by atoms with E-state index < -0.39 is 0 Å². The third-order valence-electron chi connectivity index (χ3n) is 3.21. The molecule has 0 saturated carbocycles. The zero-order valence-corrected chi connectivity index (χ0v) is 11.3. The number of rotatable bonds is 2. The van der Waals surface area contributed by atoms with E-state index in [9.17, 15) is 0 Å². The molecule has 1 fully saturated rings. The van der Waals surface area contributed by atoms with Crippen LogP contribution in [0.4, 0.5) is 5.82 Å². The van der Waals surface area contributed by atoms with E-state index >= 15 is 0 Å². The molecule has 1 saturated heterocycles. The molecule has 0 bridgehead atoms. The molecule has 0 unspecified atom stereocenters. The third kappa shape index (κ3) is 2.94. The van der Waals surface area contributed by atoms with Crippen molar-refractivity contribution in [1.82, 2.24) is 4.98 Å². The third-order valence-corrected chi connectivity index (χ3v) is 3.42. The molecule has 92 valence electrons. The molecule has 2 rings (SSSR count). The summed E-state index contributed by atoms with van der Waals surface area (Å²) < 4.78 is 0. The highest BCUT2D eigenvalue weighted by Crippen LogP contribution is 2.30. The average Bonchev–Trinajstić information content (AvgIpc) is 2.28. The van der Waals surface area contributed by atoms with E-state index in [-0.39, 0.29) is 0 Å². The minimum Gasteiger partial charge on any atom is -0.388 e. The number of nitrogens with zero attached hydrogens (tertiary/aromatic N) is 2. The number of nitrogens with two attached hydrogens (primary N) is 1. The van der Waals surface area contributed by atoms with Crippen molar-refractivity contribution in [3.8, 4) is 0 Å². The molecular weight excluding hydrogens is 230 g/mol. The van der Waals surface area contributed by atoms with Crippen LogP contribution in [0.5, 0.6) is 0 Å². The lowest BCUT2D eigenvalue weighted by molar-refractivity contribution is 0.292. The standard InChI is InChI=1S/C13H19N3S/c1-13(2)7-4-8-16(9-13)11-6-3-5-10(15-11)12(14)17/h3,5-6H,4,7-9H2,1-2H3,(H2,14,17). The monoisotopic (exact) mass is 249 g/mol. The molecule has 0 radical (unpaired) electrons. The van der Waals surface area contributed by atoms with Crippen molar-refractivity contribution in [3.63, 3.8) is 0 Å². The Morgan fingerprint density at radius 1 is 1.47 bits per heavy atom. The quantitative estimate of drug-likeness (QED) is 0.817. The molecule has 1 aliphatic rings. The zero-order valence-electron chi connectivity index (χ0n) is 10.4. The lowest BCUT2D eigenvalue weighted by Crippen LogP contribution is -2.40. The minimum absolute atomic E-state index is 0.360. The van der Waals surface area contributed by atoms with Gasteiger partial charge in [-0.05, 0) is 30.4 Å². The summed E-state index contributed by atoms with van der Waals surface area (Å²) in [5.74, 6) is 0.989. The van der Waals surface area contributed by atoms with Crippen LogP contribution in [0.15, 0.2) is 18.2 Å². The summed E-state index contributed by atoms with van der Waals surface area (Å²) in [4.78, 5) is 7.21. The minimum atomic E-state index is 0.360. The fourth-order valence-electron chi connectivity index (χ4n) is 2.36. The Morgan fingerprint density at radius 2 is 2.24 bits per heavy atom. The molecule has 0 aromatic carbocycles. The summed E-state index contributed by atoms with van der Waals surface area (Å²) >= 11 is 4.96. The Hall–Kier alpha value is -1.16. The molecule has 2 N–H and O–H groups in total. The van der Waals surface area contributed by atoms with Crippen LogP contribution in [-0.2, 0) is 0 Å². The van der Waals surface area contributed by atoms with Crippen molar-refractivity contribution in [3.05, 3.63) is 23.9 Å². The first-order valence-corrected chi connectivity index (χ1v) is 6.41. The number of anilines is 1. The van der Waals surface area contributed by atoms with Crippen molar-refractivity contribution >= 4 is 23.0 Å². The van der Waals surface area contributed by atoms with Crippen LogP contribution < -0.4 is 10.6 Å². The molecule has 4 heteroatoms. The average molecular weight is 249 g/mol. The molecule has 0 spiro atoms. The van der Waals surface area contributed by atoms with Gasteiger partial charge < -0.3 is 10.6 Å². The molecule has 1 aromatic rings. The number of pyridine rings is 1. The van der Waals surface area contributed by atoms with Crippen molar-refractivity contribution in [2.24, 2.45) is 11.1 Å². The van der Waals surface area contributed by atoms with Crippen LogP contribution in [0.3, 0.4) is 0 Å². The van der Waals surface area contributed by atoms with Crippen LogP contribution >= 0.6 is 12.2 Å². The van der Waals surface area contributed by atoms with Crippen LogP contribution in [0.25, 0.3) is 0 Å². The Kier molecular flexibility index (Phi) is 3.33. The predicted molar refractivity (Wildman–Crippen MR) is 75.4 cm³/mol. The highest BCUT2D eigenvalue weighted by molar-refractivity contribution is 7.80. The first-order valence-electron chi connectivity index (χ1n) is 6.00. The number of thiocarbonyl (C=S) groups is 1. The maximum atomic E-state index is 5.62. The summed E-state index contributed by atoms with van der Waals surface area (Å²) in [6, 6.07) is 5.86. The highest BCUT2D eigenvalue weighted by atomic mass is 32.1. The van der Waals surface area contributed by atoms with Gasteiger partial charge in [-0.2, -0.15) is 0 Å². The molecule has 3 nitrogen and oxygen atoms in total. The van der Waals surface area contributed by atoms with Gasteiger partial charge in [0, 0.05) is 13.1 Å². The van der Waals surface area contributed by atoms with Crippen molar-refractivity contribution < 1.29 is 0 Å². The first-order chi connectivity index (χ1) is 7.98. The van der Waals surface area contributed by atoms with Gasteiger partial charge in [0.1, 0.15) is 10.8 Å². The second-order valence-corrected chi connectivity index (χ2v) is 5.87. The van der Waals surface area contributed by atoms with Crippen LogP contribution in [-0.4, -0.2) is 23.1 Å². The van der Waals surface area contributed by atoms with Gasteiger partial charge in [-0.15, -0.1) is 0 Å². The van der Waals surface area contributed by atoms with Gasteiger partial charge in [-0.1, -0.05) is 32.1 Å². The predicted octanol–water partition coefficient (Wildman–Crippen LogP) is 2.34. The van der Waals surface area contributed by atoms with Crippen LogP contribution in [0.1, 0.15) is 32.4 Å². The van der Waals surface area contributed by atoms with E-state index in [1.165, 1.54) is 12.8 Å². The Labute approximate surface area is 108 Å². The Morgan fingerprint density at radius 3 is 2.88 bits per heavy atom. The van der Waals surface area contributed by atoms with Gasteiger partial charge >= 0.3 is 0 Å². The van der Waals surface area contributed by atoms with Gasteiger partial charge in [0.15, 0.2) is 0 Å². The second-order valence-electron chi connectivity index (χ2n) is 5.43. The largest absolute Gasteiger partial charge is 0.388 e. The van der Waals surface area contributed by atoms with Crippen molar-refractivity contribution in [1.29, 1.82) is 0 Å². The molecule has 0 atom stereocenters. The van der Waals surface area contributed by atoms with Gasteiger partial charge in [-0.3, -0.25) is 0 Å². The van der Waals surface area contributed by atoms with E-state index in [0.717, 1.165) is 18.9 Å². The molecule has 1 aromatic heterocycles. The molecule has 2 heterocycles. The zero-order chi connectivity index (χ0) is 12.5. The van der Waals surface area contributed by atoms with Gasteiger partial charge in [0.2, 0.25) is 0 Å². The first kappa shape index (κ1) is 12.3. The lowest BCUT2D eigenvalue weighted by Gasteiger charge is -2.38. The van der Waals surface area contributed by atoms with Crippen LogP contribution in [0.2, 0.25) is 0 Å². The summed E-state index contributed by atoms with van der Waals surface area (Å²) in [7, 11) is 0. The summed E-state index contributed by atoms with van der Waals surface area (Å²) in [6.07, 6.45) is 2.49. The smallest absolute Gasteiger partial charge is 0.129 e. The topological polar surface area (TPSA) is 42.1 Å². The summed E-state index contributed by atoms with van der Waals surface area (Å²) in [5, 5.41) is 0. The van der Waals surface area contributed by atoms with E-state index in [0.29, 0.717) is 16.1 Å². The molecular formula is C13H19N3S. The van der Waals surface area contributed by atoms with E-state index in [1.54, 1.807) is 0 Å². The molecule has 17 heavy (non-hydrogen) atoms. The molecule has 1 aliphatic heterocycles. The SMILES string of the molecule is CC1(C)CCCN(c2cccc(C(N)=S)n2)C1. The summed E-state index contributed by atoms with van der Waals surface area (Å²) in [5.41, 5.74) is 6.69. The molecule has 0 aliphatic carbocycles. The maximum Gasteiger partial charge on any atom is 0.129 e. The van der Waals surface area contributed by atoms with Gasteiger partial charge in [-0.25, -0.2) is 4.98 Å². The second kappa shape index (κ2) is 4.61. The van der Waals surface area contributed by atoms with E-state index in [2.05, 4.69) is 23.7 Å². The Balaban J connectivity index is 2.22. The lowest BCUT2D eigenvalue weighted by atomic mass is 9.84. The van der Waals surface area contributed by atoms with E-state index in [1.807, 2.05) is 18.2 Å². The number of hydrogen-bond donors (Lipinski definition) is 1. The Bertz CT molecular complexity index is 428. The van der Waals surface area contributed by atoms with E-state index in [4.69, 9.17) is 18.0 Å².